The Hall–Kier alpha value is -2.66. The summed E-state index contributed by atoms with van der Waals surface area (Å²) in [5.41, 5.74) is 4.47. The third kappa shape index (κ3) is 5.67. The van der Waals surface area contributed by atoms with Gasteiger partial charge >= 0.3 is 5.97 Å². The number of carbonyl (C=O) groups excluding carboxylic acids is 1. The van der Waals surface area contributed by atoms with Gasteiger partial charge in [-0.15, -0.1) is 0 Å². The fraction of sp³-hybridized carbons (Fsp3) is 0.548. The molecule has 0 saturated heterocycles. The van der Waals surface area contributed by atoms with E-state index in [1.54, 1.807) is 20.1 Å². The van der Waals surface area contributed by atoms with E-state index in [9.17, 15) is 14.7 Å². The first kappa shape index (κ1) is 27.9. The molecule has 2 atom stereocenters. The number of rotatable bonds is 9. The van der Waals surface area contributed by atoms with Crippen molar-refractivity contribution in [2.45, 2.75) is 86.2 Å². The summed E-state index contributed by atoms with van der Waals surface area (Å²) < 4.78 is 11.9. The zero-order valence-electron chi connectivity index (χ0n) is 23.0. The van der Waals surface area contributed by atoms with E-state index in [1.807, 2.05) is 52.8 Å². The van der Waals surface area contributed by atoms with Gasteiger partial charge < -0.3 is 14.6 Å². The van der Waals surface area contributed by atoms with Gasteiger partial charge in [0.25, 0.3) is 0 Å². The second kappa shape index (κ2) is 11.6. The summed E-state index contributed by atoms with van der Waals surface area (Å²) in [5, 5.41) is 9.71. The van der Waals surface area contributed by atoms with E-state index in [-0.39, 0.29) is 5.78 Å². The van der Waals surface area contributed by atoms with Crippen molar-refractivity contribution in [2.75, 3.05) is 13.7 Å². The van der Waals surface area contributed by atoms with E-state index < -0.39 is 17.5 Å². The highest BCUT2D eigenvalue weighted by Gasteiger charge is 2.42. The Labute approximate surface area is 216 Å². The topological polar surface area (TPSA) is 72.8 Å². The van der Waals surface area contributed by atoms with Crippen molar-refractivity contribution in [3.63, 3.8) is 0 Å². The number of allylic oxidation sites excluding steroid dienone is 1. The average Bonchev–Trinajstić information content (AvgIpc) is 2.83. The van der Waals surface area contributed by atoms with Gasteiger partial charge in [-0.25, -0.2) is 4.79 Å². The molecule has 0 aliphatic heterocycles. The largest absolute Gasteiger partial charge is 0.493 e. The Balaban J connectivity index is 1.78. The molecule has 2 unspecified atom stereocenters. The summed E-state index contributed by atoms with van der Waals surface area (Å²) in [5.74, 6) is 0.595. The number of carboxylic acids is 1. The van der Waals surface area contributed by atoms with Gasteiger partial charge in [-0.05, 0) is 94.4 Å². The third-order valence-corrected chi connectivity index (χ3v) is 8.35. The predicted molar refractivity (Wildman–Crippen MR) is 144 cm³/mol. The molecular weight excluding hydrogens is 452 g/mol. The van der Waals surface area contributed by atoms with Gasteiger partial charge in [0.05, 0.1) is 18.3 Å². The summed E-state index contributed by atoms with van der Waals surface area (Å²) in [6.07, 6.45) is 10.7. The minimum absolute atomic E-state index is 0.0952. The minimum Gasteiger partial charge on any atom is -0.493 e. The number of carbonyl (C=O) groups is 2. The smallest absolute Gasteiger partial charge is 0.335 e. The monoisotopic (exact) mass is 494 g/mol. The Morgan fingerprint density at radius 3 is 2.22 bits per heavy atom. The number of ketones is 1. The van der Waals surface area contributed by atoms with Crippen LogP contribution in [0.5, 0.6) is 5.75 Å². The molecule has 0 radical (unpaired) electrons. The lowest BCUT2D eigenvalue weighted by Gasteiger charge is -2.41. The van der Waals surface area contributed by atoms with Crippen molar-refractivity contribution in [3.8, 4) is 5.75 Å². The molecule has 0 aromatic heterocycles. The molecule has 1 fully saturated rings. The quantitative estimate of drug-likeness (QED) is 0.291. The lowest BCUT2D eigenvalue weighted by Crippen LogP contribution is -2.39. The highest BCUT2D eigenvalue weighted by atomic mass is 16.5. The van der Waals surface area contributed by atoms with Gasteiger partial charge in [0.1, 0.15) is 5.75 Å². The van der Waals surface area contributed by atoms with Crippen LogP contribution < -0.4 is 4.74 Å². The molecule has 5 nitrogen and oxygen atoms in total. The molecule has 196 valence electrons. The maximum absolute atomic E-state index is 13.2. The first-order valence-corrected chi connectivity index (χ1v) is 13.1. The van der Waals surface area contributed by atoms with Gasteiger partial charge in [-0.2, -0.15) is 0 Å². The van der Waals surface area contributed by atoms with Crippen molar-refractivity contribution in [3.05, 3.63) is 63.3 Å². The Morgan fingerprint density at radius 2 is 1.67 bits per heavy atom. The molecule has 0 heterocycles. The Morgan fingerprint density at radius 1 is 1.06 bits per heavy atom. The first-order chi connectivity index (χ1) is 17.0. The third-order valence-electron chi connectivity index (χ3n) is 8.35. The molecule has 3 rings (SSSR count). The Kier molecular flexibility index (Phi) is 8.99. The number of methoxy groups -OCH3 is 1. The van der Waals surface area contributed by atoms with Crippen LogP contribution >= 0.6 is 0 Å². The lowest BCUT2D eigenvalue weighted by atomic mass is 9.67. The first-order valence-electron chi connectivity index (χ1n) is 13.1. The van der Waals surface area contributed by atoms with E-state index >= 15 is 0 Å². The fourth-order valence-electron chi connectivity index (χ4n) is 6.10. The molecule has 2 aliphatic carbocycles. The number of ether oxygens (including phenoxy) is 2. The number of benzene rings is 1. The number of hydrogen-bond donors (Lipinski definition) is 1. The fourth-order valence-corrected chi connectivity index (χ4v) is 6.10. The second-order valence-corrected chi connectivity index (χ2v) is 10.8. The summed E-state index contributed by atoms with van der Waals surface area (Å²) in [6.45, 7) is 12.2. The van der Waals surface area contributed by atoms with Crippen LogP contribution in [0.3, 0.4) is 0 Å². The highest BCUT2D eigenvalue weighted by molar-refractivity contribution is 6.05. The van der Waals surface area contributed by atoms with Gasteiger partial charge in [0.2, 0.25) is 0 Å². The van der Waals surface area contributed by atoms with E-state index in [1.165, 1.54) is 32.1 Å². The van der Waals surface area contributed by atoms with Crippen LogP contribution in [0.2, 0.25) is 0 Å². The molecule has 0 bridgehead atoms. The van der Waals surface area contributed by atoms with Gasteiger partial charge in [-0.3, -0.25) is 4.79 Å². The average molecular weight is 495 g/mol. The van der Waals surface area contributed by atoms with Gasteiger partial charge in [-0.1, -0.05) is 43.8 Å². The van der Waals surface area contributed by atoms with Crippen molar-refractivity contribution in [1.29, 1.82) is 0 Å². The van der Waals surface area contributed by atoms with E-state index in [2.05, 4.69) is 0 Å². The molecule has 1 aromatic carbocycles. The van der Waals surface area contributed by atoms with Crippen molar-refractivity contribution in [2.24, 2.45) is 11.3 Å². The normalized spacial score (nSPS) is 23.5. The van der Waals surface area contributed by atoms with Crippen molar-refractivity contribution >= 4 is 11.8 Å². The van der Waals surface area contributed by atoms with Crippen LogP contribution in [-0.4, -0.2) is 36.7 Å². The number of hydrogen-bond acceptors (Lipinski definition) is 4. The molecule has 1 N–H and O–H groups in total. The van der Waals surface area contributed by atoms with Gasteiger partial charge in [0.15, 0.2) is 5.78 Å². The SMILES string of the molecule is COC1C(C)=C(C(=O)O)C(C)=C(C)C1(C)C=CC(=O)c1cc(C)c(OCCC2CCCCC2)c(C)c1. The highest BCUT2D eigenvalue weighted by Crippen LogP contribution is 2.46. The summed E-state index contributed by atoms with van der Waals surface area (Å²) >= 11 is 0. The molecule has 5 heteroatoms. The maximum Gasteiger partial charge on any atom is 0.335 e. The van der Waals surface area contributed by atoms with E-state index in [0.717, 1.165) is 34.8 Å². The predicted octanol–water partition coefficient (Wildman–Crippen LogP) is 7.16. The summed E-state index contributed by atoms with van der Waals surface area (Å²) in [7, 11) is 1.58. The maximum atomic E-state index is 13.2. The van der Waals surface area contributed by atoms with E-state index in [4.69, 9.17) is 9.47 Å². The molecule has 0 amide bonds. The molecular formula is C31H42O5. The molecule has 36 heavy (non-hydrogen) atoms. The zero-order valence-corrected chi connectivity index (χ0v) is 23.0. The van der Waals surface area contributed by atoms with Crippen molar-refractivity contribution < 1.29 is 24.2 Å². The molecule has 1 aromatic rings. The van der Waals surface area contributed by atoms with E-state index in [0.29, 0.717) is 28.9 Å². The van der Waals surface area contributed by atoms with Crippen LogP contribution in [-0.2, 0) is 9.53 Å². The summed E-state index contributed by atoms with van der Waals surface area (Å²) in [6, 6.07) is 3.79. The number of aliphatic carboxylic acids is 1. The van der Waals surface area contributed by atoms with Crippen LogP contribution in [0, 0.1) is 25.2 Å². The lowest BCUT2D eigenvalue weighted by molar-refractivity contribution is -0.132. The van der Waals surface area contributed by atoms with Gasteiger partial charge in [0, 0.05) is 18.1 Å². The van der Waals surface area contributed by atoms with Crippen LogP contribution in [0.4, 0.5) is 0 Å². The molecule has 2 aliphatic rings. The summed E-state index contributed by atoms with van der Waals surface area (Å²) in [4.78, 5) is 25.1. The van der Waals surface area contributed by atoms with Crippen LogP contribution in [0.25, 0.3) is 0 Å². The van der Waals surface area contributed by atoms with Crippen LogP contribution in [0.15, 0.2) is 46.6 Å². The minimum atomic E-state index is -0.958. The standard InChI is InChI=1S/C31H42O5/c1-19-17-25(18-20(2)28(19)36-16-14-24-11-9-8-10-12-24)26(32)13-15-31(6)23(5)21(3)27(30(33)34)22(4)29(31)35-7/h13,15,17-18,24,29H,8-12,14,16H2,1-7H3,(H,33,34). The number of aryl methyl sites for hydroxylation is 2. The molecule has 1 saturated carbocycles. The number of carboxylic acid groups (broad SMARTS) is 1. The molecule has 0 spiro atoms. The zero-order chi connectivity index (χ0) is 26.6. The second-order valence-electron chi connectivity index (χ2n) is 10.8. The van der Waals surface area contributed by atoms with Crippen LogP contribution in [0.1, 0.15) is 87.7 Å². The Bertz CT molecular complexity index is 1080. The van der Waals surface area contributed by atoms with Crippen molar-refractivity contribution in [1.82, 2.24) is 0 Å².